The first-order valence-corrected chi connectivity index (χ1v) is 10.2. The predicted molar refractivity (Wildman–Crippen MR) is 123 cm³/mol. The fourth-order valence-electron chi connectivity index (χ4n) is 3.99. The number of ether oxygens (including phenoxy) is 1. The van der Waals surface area contributed by atoms with Crippen molar-refractivity contribution in [1.29, 1.82) is 0 Å². The van der Waals surface area contributed by atoms with Crippen LogP contribution in [0.1, 0.15) is 30.5 Å². The summed E-state index contributed by atoms with van der Waals surface area (Å²) in [5.41, 5.74) is 4.15. The molecule has 1 aliphatic rings. The lowest BCUT2D eigenvalue weighted by Crippen LogP contribution is -2.43. The third kappa shape index (κ3) is 4.23. The number of anilines is 2. The van der Waals surface area contributed by atoms with Crippen molar-refractivity contribution >= 4 is 23.4 Å². The number of fused-ring (bicyclic) bond motifs is 1. The number of hydrogen-bond acceptors (Lipinski definition) is 3. The minimum absolute atomic E-state index is 0.00157. The van der Waals surface area contributed by atoms with E-state index in [9.17, 15) is 4.79 Å². The molecule has 0 aromatic heterocycles. The van der Waals surface area contributed by atoms with E-state index in [-0.39, 0.29) is 18.0 Å². The highest BCUT2D eigenvalue weighted by molar-refractivity contribution is 6.05. The van der Waals surface area contributed by atoms with E-state index in [0.29, 0.717) is 0 Å². The van der Waals surface area contributed by atoms with Gasteiger partial charge >= 0.3 is 0 Å². The number of benzene rings is 3. The van der Waals surface area contributed by atoms with E-state index in [0.717, 1.165) is 34.7 Å². The van der Waals surface area contributed by atoms with E-state index in [4.69, 9.17) is 4.74 Å². The van der Waals surface area contributed by atoms with Gasteiger partial charge in [-0.1, -0.05) is 48.5 Å². The number of rotatable bonds is 5. The van der Waals surface area contributed by atoms with E-state index in [1.165, 1.54) is 0 Å². The molecular formula is C26H26N2O2. The molecule has 0 fully saturated rings. The third-order valence-corrected chi connectivity index (χ3v) is 5.48. The quantitative estimate of drug-likeness (QED) is 0.562. The second kappa shape index (κ2) is 8.87. The van der Waals surface area contributed by atoms with Crippen molar-refractivity contribution in [3.05, 3.63) is 96.1 Å². The lowest BCUT2D eigenvalue weighted by molar-refractivity contribution is -0.114. The Labute approximate surface area is 177 Å². The molecule has 4 nitrogen and oxygen atoms in total. The highest BCUT2D eigenvalue weighted by atomic mass is 16.5. The average Bonchev–Trinajstić information content (AvgIpc) is 2.79. The Kier molecular flexibility index (Phi) is 5.84. The van der Waals surface area contributed by atoms with Crippen LogP contribution >= 0.6 is 0 Å². The van der Waals surface area contributed by atoms with Crippen LogP contribution in [-0.4, -0.2) is 19.1 Å². The van der Waals surface area contributed by atoms with Crippen LogP contribution in [0.3, 0.4) is 0 Å². The molecule has 3 aromatic rings. The molecule has 152 valence electrons. The van der Waals surface area contributed by atoms with Gasteiger partial charge in [-0.15, -0.1) is 0 Å². The van der Waals surface area contributed by atoms with Gasteiger partial charge in [-0.3, -0.25) is 4.79 Å². The van der Waals surface area contributed by atoms with Crippen LogP contribution in [0.2, 0.25) is 0 Å². The first-order valence-electron chi connectivity index (χ1n) is 10.2. The molecule has 1 heterocycles. The molecule has 0 radical (unpaired) electrons. The number of nitrogens with zero attached hydrogens (tertiary/aromatic N) is 1. The zero-order valence-corrected chi connectivity index (χ0v) is 17.3. The van der Waals surface area contributed by atoms with Gasteiger partial charge in [-0.2, -0.15) is 0 Å². The maximum atomic E-state index is 13.1. The molecule has 30 heavy (non-hydrogen) atoms. The Morgan fingerprint density at radius 1 is 1.00 bits per heavy atom. The van der Waals surface area contributed by atoms with Gasteiger partial charge in [-0.25, -0.2) is 0 Å². The van der Waals surface area contributed by atoms with E-state index < -0.39 is 0 Å². The molecule has 1 N–H and O–H groups in total. The second-order valence-corrected chi connectivity index (χ2v) is 7.52. The molecule has 0 aliphatic carbocycles. The minimum Gasteiger partial charge on any atom is -0.497 e. The lowest BCUT2D eigenvalue weighted by atomic mass is 9.91. The highest BCUT2D eigenvalue weighted by Gasteiger charge is 2.32. The van der Waals surface area contributed by atoms with E-state index in [1.54, 1.807) is 13.2 Å². The monoisotopic (exact) mass is 398 g/mol. The number of amides is 1. The van der Waals surface area contributed by atoms with Crippen molar-refractivity contribution in [2.45, 2.75) is 25.4 Å². The smallest absolute Gasteiger partial charge is 0.251 e. The molecule has 1 amide bonds. The number of carbonyl (C=O) groups excluding carboxylic acids is 1. The summed E-state index contributed by atoms with van der Waals surface area (Å²) in [6.45, 7) is 2.10. The van der Waals surface area contributed by atoms with Gasteiger partial charge in [0.05, 0.1) is 13.2 Å². The predicted octanol–water partition coefficient (Wildman–Crippen LogP) is 5.69. The number of hydrogen-bond donors (Lipinski definition) is 1. The molecule has 4 heteroatoms. The largest absolute Gasteiger partial charge is 0.497 e. The van der Waals surface area contributed by atoms with Crippen molar-refractivity contribution in [1.82, 2.24) is 0 Å². The van der Waals surface area contributed by atoms with Gasteiger partial charge in [0.2, 0.25) is 0 Å². The van der Waals surface area contributed by atoms with Crippen LogP contribution < -0.4 is 15.0 Å². The molecular weight excluding hydrogens is 372 g/mol. The molecule has 0 saturated heterocycles. The molecule has 0 saturated carbocycles. The van der Waals surface area contributed by atoms with Gasteiger partial charge in [-0.05, 0) is 60.9 Å². The summed E-state index contributed by atoms with van der Waals surface area (Å²) in [5.74, 6) is 0.835. The molecule has 4 rings (SSSR count). The Balaban J connectivity index is 1.58. The summed E-state index contributed by atoms with van der Waals surface area (Å²) in [6, 6.07) is 26.2. The fourth-order valence-corrected chi connectivity index (χ4v) is 3.99. The van der Waals surface area contributed by atoms with Gasteiger partial charge in [0, 0.05) is 23.5 Å². The number of methoxy groups -OCH3 is 1. The Bertz CT molecular complexity index is 1030. The van der Waals surface area contributed by atoms with Crippen molar-refractivity contribution in [3.63, 3.8) is 0 Å². The summed E-state index contributed by atoms with van der Waals surface area (Å²) in [6.07, 6.45) is 4.37. The zero-order valence-electron chi connectivity index (χ0n) is 17.3. The van der Waals surface area contributed by atoms with Gasteiger partial charge < -0.3 is 15.0 Å². The lowest BCUT2D eigenvalue weighted by Gasteiger charge is -2.39. The highest BCUT2D eigenvalue weighted by Crippen LogP contribution is 2.39. The van der Waals surface area contributed by atoms with E-state index in [1.807, 2.05) is 83.8 Å². The van der Waals surface area contributed by atoms with Crippen molar-refractivity contribution in [2.24, 2.45) is 0 Å². The fraction of sp³-hybridized carbons (Fsp3) is 0.192. The van der Waals surface area contributed by atoms with Crippen LogP contribution in [0.25, 0.3) is 6.08 Å². The van der Waals surface area contributed by atoms with Gasteiger partial charge in [0.1, 0.15) is 5.75 Å². The topological polar surface area (TPSA) is 41.6 Å². The standard InChI is InChI=1S/C26H26N2O2/c1-19-18-24(27-21-13-15-22(30-2)16-14-21)23-10-6-7-11-25(23)28(19)26(29)17-12-20-8-4-3-5-9-20/h3-17,19,24,27H,18H2,1-2H3/b17-12+/t19-,24+/m0/s1. The Hall–Kier alpha value is -3.53. The number of carbonyl (C=O) groups is 1. The normalized spacial score (nSPS) is 18.1. The van der Waals surface area contributed by atoms with E-state index in [2.05, 4.69) is 18.3 Å². The van der Waals surface area contributed by atoms with Gasteiger partial charge in [0.15, 0.2) is 0 Å². The maximum Gasteiger partial charge on any atom is 0.251 e. The summed E-state index contributed by atoms with van der Waals surface area (Å²) in [5, 5.41) is 3.62. The third-order valence-electron chi connectivity index (χ3n) is 5.48. The molecule has 3 aromatic carbocycles. The Morgan fingerprint density at radius 3 is 2.43 bits per heavy atom. The number of nitrogens with one attached hydrogen (secondary N) is 1. The van der Waals surface area contributed by atoms with E-state index >= 15 is 0 Å². The minimum atomic E-state index is 0.00157. The second-order valence-electron chi connectivity index (χ2n) is 7.52. The first kappa shape index (κ1) is 19.8. The van der Waals surface area contributed by atoms with Crippen molar-refractivity contribution < 1.29 is 9.53 Å². The molecule has 1 aliphatic heterocycles. The summed E-state index contributed by atoms with van der Waals surface area (Å²) >= 11 is 0. The summed E-state index contributed by atoms with van der Waals surface area (Å²) in [7, 11) is 1.67. The van der Waals surface area contributed by atoms with Crippen LogP contribution in [0.5, 0.6) is 5.75 Å². The van der Waals surface area contributed by atoms with Crippen LogP contribution in [-0.2, 0) is 4.79 Å². The van der Waals surface area contributed by atoms with Gasteiger partial charge in [0.25, 0.3) is 5.91 Å². The van der Waals surface area contributed by atoms with Crippen LogP contribution in [0.4, 0.5) is 11.4 Å². The van der Waals surface area contributed by atoms with Crippen molar-refractivity contribution in [3.8, 4) is 5.75 Å². The molecule has 0 spiro atoms. The molecule has 0 bridgehead atoms. The average molecular weight is 399 g/mol. The Morgan fingerprint density at radius 2 is 1.70 bits per heavy atom. The van der Waals surface area contributed by atoms with Crippen LogP contribution in [0.15, 0.2) is 84.9 Å². The van der Waals surface area contributed by atoms with Crippen LogP contribution in [0, 0.1) is 0 Å². The summed E-state index contributed by atoms with van der Waals surface area (Å²) < 4.78 is 5.25. The maximum absolute atomic E-state index is 13.1. The first-order chi connectivity index (χ1) is 14.7. The SMILES string of the molecule is COc1ccc(N[C@@H]2C[C@H](C)N(C(=O)/C=C/c3ccccc3)c3ccccc32)cc1. The molecule has 0 unspecified atom stereocenters. The zero-order chi connectivity index (χ0) is 20.9. The van der Waals surface area contributed by atoms with Crippen molar-refractivity contribution in [2.75, 3.05) is 17.3 Å². The summed E-state index contributed by atoms with van der Waals surface area (Å²) in [4.78, 5) is 15.0. The molecule has 2 atom stereocenters. The number of para-hydroxylation sites is 1.